The molecule has 0 aliphatic carbocycles. The number of nitrogens with two attached hydrogens (primary N) is 1. The normalized spacial score (nSPS) is 12.1. The Bertz CT molecular complexity index is 876. The summed E-state index contributed by atoms with van der Waals surface area (Å²) in [6.07, 6.45) is 4.19. The Morgan fingerprint density at radius 3 is 2.52 bits per heavy atom. The topological polar surface area (TPSA) is 70.0 Å². The zero-order chi connectivity index (χ0) is 15.0. The molecule has 110 valence electrons. The highest BCUT2D eigenvalue weighted by molar-refractivity contribution is 7.90. The zero-order valence-electron chi connectivity index (χ0n) is 11.7. The van der Waals surface area contributed by atoms with E-state index in [2.05, 4.69) is 0 Å². The van der Waals surface area contributed by atoms with Gasteiger partial charge in [-0.05, 0) is 36.7 Å². The van der Waals surface area contributed by atoms with Crippen LogP contribution in [0.2, 0.25) is 0 Å². The van der Waals surface area contributed by atoms with E-state index in [-0.39, 0.29) is 4.90 Å². The molecule has 3 aromatic rings. The number of hydrogen-bond donors (Lipinski definition) is 1. The number of aryl methyl sites for hydroxylation is 1. The van der Waals surface area contributed by atoms with E-state index in [1.807, 2.05) is 23.9 Å². The summed E-state index contributed by atoms with van der Waals surface area (Å²) in [5.41, 5.74) is 7.24. The highest BCUT2D eigenvalue weighted by atomic mass is 32.2. The van der Waals surface area contributed by atoms with Crippen LogP contribution in [0.25, 0.3) is 11.0 Å². The van der Waals surface area contributed by atoms with Gasteiger partial charge in [0.1, 0.15) is 5.65 Å². The standard InChI is InChI=1S/C15H17N3O2S/c1-17-10-8-14-12(7-9-16)11-18(15(14)17)21(19,20)13-5-3-2-4-6-13/h2-6,8,10-11H,7,9,16H2,1H3. The van der Waals surface area contributed by atoms with E-state index in [1.165, 1.54) is 3.97 Å². The van der Waals surface area contributed by atoms with Crippen LogP contribution >= 0.6 is 0 Å². The lowest BCUT2D eigenvalue weighted by atomic mass is 10.2. The molecule has 2 aromatic heterocycles. The first-order chi connectivity index (χ1) is 10.1. The number of benzene rings is 1. The molecule has 2 N–H and O–H groups in total. The quantitative estimate of drug-likeness (QED) is 0.798. The van der Waals surface area contributed by atoms with Gasteiger partial charge in [-0.25, -0.2) is 12.4 Å². The SMILES string of the molecule is Cn1ccc2c(CCN)cn(S(=O)(=O)c3ccccc3)c21. The van der Waals surface area contributed by atoms with Crippen LogP contribution in [0.15, 0.2) is 53.7 Å². The fourth-order valence-electron chi connectivity index (χ4n) is 2.56. The highest BCUT2D eigenvalue weighted by Crippen LogP contribution is 2.26. The fourth-order valence-corrected chi connectivity index (χ4v) is 4.01. The van der Waals surface area contributed by atoms with Crippen molar-refractivity contribution in [1.29, 1.82) is 0 Å². The Morgan fingerprint density at radius 1 is 1.14 bits per heavy atom. The Kier molecular flexibility index (Phi) is 3.35. The molecule has 1 aromatic carbocycles. The second-order valence-electron chi connectivity index (χ2n) is 4.97. The lowest BCUT2D eigenvalue weighted by molar-refractivity contribution is 0.588. The number of fused-ring (bicyclic) bond motifs is 1. The van der Waals surface area contributed by atoms with Crippen molar-refractivity contribution in [2.45, 2.75) is 11.3 Å². The molecule has 0 radical (unpaired) electrons. The van der Waals surface area contributed by atoms with Crippen molar-refractivity contribution in [2.24, 2.45) is 12.8 Å². The lowest BCUT2D eigenvalue weighted by Gasteiger charge is -2.08. The Balaban J connectivity index is 2.27. The summed E-state index contributed by atoms with van der Waals surface area (Å²) in [5.74, 6) is 0. The molecule has 2 heterocycles. The maximum Gasteiger partial charge on any atom is 0.269 e. The van der Waals surface area contributed by atoms with Gasteiger partial charge in [-0.3, -0.25) is 0 Å². The van der Waals surface area contributed by atoms with E-state index in [4.69, 9.17) is 5.73 Å². The van der Waals surface area contributed by atoms with Gasteiger partial charge in [-0.15, -0.1) is 0 Å². The molecule has 0 spiro atoms. The van der Waals surface area contributed by atoms with Crippen LogP contribution in [-0.2, 0) is 23.5 Å². The van der Waals surface area contributed by atoms with E-state index in [1.54, 1.807) is 36.5 Å². The molecule has 0 bridgehead atoms. The van der Waals surface area contributed by atoms with Gasteiger partial charge in [-0.1, -0.05) is 18.2 Å². The molecule has 0 atom stereocenters. The third-order valence-electron chi connectivity index (χ3n) is 3.58. The lowest BCUT2D eigenvalue weighted by Crippen LogP contribution is -2.13. The molecule has 0 fully saturated rings. The van der Waals surface area contributed by atoms with Crippen molar-refractivity contribution < 1.29 is 8.42 Å². The highest BCUT2D eigenvalue weighted by Gasteiger charge is 2.22. The molecular weight excluding hydrogens is 286 g/mol. The predicted molar refractivity (Wildman–Crippen MR) is 82.7 cm³/mol. The summed E-state index contributed by atoms with van der Waals surface area (Å²) in [6, 6.07) is 10.4. The minimum atomic E-state index is -3.60. The summed E-state index contributed by atoms with van der Waals surface area (Å²) < 4.78 is 28.8. The van der Waals surface area contributed by atoms with Gasteiger partial charge < -0.3 is 10.3 Å². The molecule has 0 unspecified atom stereocenters. The van der Waals surface area contributed by atoms with Crippen LogP contribution in [0.5, 0.6) is 0 Å². The van der Waals surface area contributed by atoms with Crippen LogP contribution in [0, 0.1) is 0 Å². The van der Waals surface area contributed by atoms with Gasteiger partial charge in [0.25, 0.3) is 10.0 Å². The van der Waals surface area contributed by atoms with Crippen molar-refractivity contribution in [3.8, 4) is 0 Å². The summed E-state index contributed by atoms with van der Waals surface area (Å²) in [6.45, 7) is 0.486. The first kappa shape index (κ1) is 13.9. The summed E-state index contributed by atoms with van der Waals surface area (Å²) in [5, 5.41) is 0.933. The minimum absolute atomic E-state index is 0.280. The van der Waals surface area contributed by atoms with Gasteiger partial charge in [-0.2, -0.15) is 0 Å². The van der Waals surface area contributed by atoms with Crippen LogP contribution < -0.4 is 5.73 Å². The van der Waals surface area contributed by atoms with Crippen molar-refractivity contribution >= 4 is 21.1 Å². The van der Waals surface area contributed by atoms with Crippen molar-refractivity contribution in [2.75, 3.05) is 6.54 Å². The number of nitrogens with zero attached hydrogens (tertiary/aromatic N) is 2. The van der Waals surface area contributed by atoms with Gasteiger partial charge in [0.05, 0.1) is 4.90 Å². The zero-order valence-corrected chi connectivity index (χ0v) is 12.5. The third-order valence-corrected chi connectivity index (χ3v) is 5.25. The second-order valence-corrected chi connectivity index (χ2v) is 6.79. The van der Waals surface area contributed by atoms with E-state index < -0.39 is 10.0 Å². The van der Waals surface area contributed by atoms with E-state index in [0.717, 1.165) is 10.9 Å². The van der Waals surface area contributed by atoms with Crippen LogP contribution in [0.3, 0.4) is 0 Å². The van der Waals surface area contributed by atoms with E-state index in [9.17, 15) is 8.42 Å². The smallest absolute Gasteiger partial charge is 0.269 e. The third kappa shape index (κ3) is 2.16. The molecule has 0 aliphatic heterocycles. The Hall–Kier alpha value is -2.05. The van der Waals surface area contributed by atoms with Crippen molar-refractivity contribution in [1.82, 2.24) is 8.54 Å². The van der Waals surface area contributed by atoms with Gasteiger partial charge in [0.2, 0.25) is 0 Å². The average molecular weight is 303 g/mol. The molecule has 0 saturated carbocycles. The minimum Gasteiger partial charge on any atom is -0.336 e. The van der Waals surface area contributed by atoms with E-state index >= 15 is 0 Å². The molecule has 3 rings (SSSR count). The second kappa shape index (κ2) is 5.05. The largest absolute Gasteiger partial charge is 0.336 e. The van der Waals surface area contributed by atoms with Crippen molar-refractivity contribution in [3.05, 3.63) is 54.4 Å². The maximum absolute atomic E-state index is 12.8. The summed E-state index contributed by atoms with van der Waals surface area (Å²) in [4.78, 5) is 0.280. The number of hydrogen-bond acceptors (Lipinski definition) is 3. The monoisotopic (exact) mass is 303 g/mol. The van der Waals surface area contributed by atoms with Gasteiger partial charge in [0.15, 0.2) is 0 Å². The first-order valence-corrected chi connectivity index (χ1v) is 8.15. The predicted octanol–water partition coefficient (Wildman–Crippen LogP) is 1.72. The van der Waals surface area contributed by atoms with E-state index in [0.29, 0.717) is 18.6 Å². The van der Waals surface area contributed by atoms with Crippen LogP contribution in [0.4, 0.5) is 0 Å². The summed E-state index contributed by atoms with van der Waals surface area (Å²) >= 11 is 0. The van der Waals surface area contributed by atoms with Crippen LogP contribution in [0.1, 0.15) is 5.56 Å². The Morgan fingerprint density at radius 2 is 1.86 bits per heavy atom. The average Bonchev–Trinajstić information content (AvgIpc) is 3.03. The molecule has 5 nitrogen and oxygen atoms in total. The first-order valence-electron chi connectivity index (χ1n) is 6.71. The summed E-state index contributed by atoms with van der Waals surface area (Å²) in [7, 11) is -1.76. The fraction of sp³-hybridized carbons (Fsp3) is 0.200. The molecule has 0 saturated heterocycles. The molecule has 6 heteroatoms. The van der Waals surface area contributed by atoms with Gasteiger partial charge >= 0.3 is 0 Å². The number of aromatic nitrogens is 2. The molecule has 21 heavy (non-hydrogen) atoms. The molecular formula is C15H17N3O2S. The molecule has 0 amide bonds. The van der Waals surface area contributed by atoms with Crippen LogP contribution in [-0.4, -0.2) is 23.5 Å². The maximum atomic E-state index is 12.8. The van der Waals surface area contributed by atoms with Crippen molar-refractivity contribution in [3.63, 3.8) is 0 Å². The Labute approximate surface area is 123 Å². The number of rotatable bonds is 4. The van der Waals surface area contributed by atoms with Gasteiger partial charge in [0, 0.05) is 24.8 Å². The molecule has 0 aliphatic rings.